The van der Waals surface area contributed by atoms with Crippen molar-refractivity contribution in [1.29, 1.82) is 0 Å². The Bertz CT molecular complexity index is 1520. The first-order valence-corrected chi connectivity index (χ1v) is 15.8. The van der Waals surface area contributed by atoms with Gasteiger partial charge in [0.15, 0.2) is 0 Å². The molecule has 12 heteroatoms. The molecule has 0 saturated carbocycles. The number of hydrogen-bond acceptors (Lipinski definition) is 7. The molecule has 0 atom stereocenters. The monoisotopic (exact) mass is 587 g/mol. The molecule has 1 aliphatic heterocycles. The maximum Gasteiger partial charge on any atom is 0.264 e. The number of piperidine rings is 1. The number of sulfonamides is 2. The van der Waals surface area contributed by atoms with E-state index in [9.17, 15) is 21.6 Å². The van der Waals surface area contributed by atoms with Crippen LogP contribution in [0.2, 0.25) is 0 Å². The third kappa shape index (κ3) is 6.57. The fraction of sp³-hybridized carbons (Fsp3) is 0.321. The number of nitrogens with zero attached hydrogens (tertiary/aromatic N) is 2. The molecule has 1 aliphatic rings. The van der Waals surface area contributed by atoms with Crippen LogP contribution in [0.25, 0.3) is 0 Å². The van der Waals surface area contributed by atoms with Gasteiger partial charge in [0.05, 0.1) is 34.9 Å². The standard InChI is InChI=1S/C28H33N3O7S2/c1-3-38-23-12-14-24(15-13-23)40(35,36)31(22-10-6-4-7-11-22)21-28(32)29-26-20-25(16-17-27(26)37-2)39(33,34)30-18-8-5-9-19-30/h4,6-7,10-17,20H,3,5,8-9,18-19,21H2,1-2H3,(H,29,32). The molecular formula is C28H33N3O7S2. The maximum atomic E-state index is 13.7. The number of anilines is 2. The fourth-order valence-electron chi connectivity index (χ4n) is 4.43. The summed E-state index contributed by atoms with van der Waals surface area (Å²) in [6.07, 6.45) is 2.56. The summed E-state index contributed by atoms with van der Waals surface area (Å²) < 4.78 is 67.0. The molecule has 4 rings (SSSR count). The summed E-state index contributed by atoms with van der Waals surface area (Å²) in [4.78, 5) is 13.3. The normalized spacial score (nSPS) is 14.3. The van der Waals surface area contributed by atoms with E-state index in [1.54, 1.807) is 42.5 Å². The van der Waals surface area contributed by atoms with Crippen LogP contribution in [0.1, 0.15) is 26.2 Å². The number of amides is 1. The van der Waals surface area contributed by atoms with Gasteiger partial charge in [0.1, 0.15) is 18.0 Å². The summed E-state index contributed by atoms with van der Waals surface area (Å²) in [6, 6.07) is 18.5. The number of para-hydroxylation sites is 1. The summed E-state index contributed by atoms with van der Waals surface area (Å²) in [6.45, 7) is 2.57. The van der Waals surface area contributed by atoms with Gasteiger partial charge in [0, 0.05) is 13.1 Å². The molecule has 3 aromatic rings. The largest absolute Gasteiger partial charge is 0.495 e. The predicted octanol–water partition coefficient (Wildman–Crippen LogP) is 4.10. The van der Waals surface area contributed by atoms with E-state index >= 15 is 0 Å². The Labute approximate surface area is 235 Å². The van der Waals surface area contributed by atoms with Crippen LogP contribution >= 0.6 is 0 Å². The van der Waals surface area contributed by atoms with Gasteiger partial charge in [0.2, 0.25) is 15.9 Å². The van der Waals surface area contributed by atoms with E-state index in [2.05, 4.69) is 5.32 Å². The van der Waals surface area contributed by atoms with E-state index in [-0.39, 0.29) is 21.2 Å². The molecule has 0 aliphatic carbocycles. The van der Waals surface area contributed by atoms with Crippen LogP contribution in [0.3, 0.4) is 0 Å². The number of rotatable bonds is 11. The molecular weight excluding hydrogens is 554 g/mol. The predicted molar refractivity (Wildman–Crippen MR) is 153 cm³/mol. The van der Waals surface area contributed by atoms with Crippen molar-refractivity contribution in [2.45, 2.75) is 36.0 Å². The average molecular weight is 588 g/mol. The Hall–Kier alpha value is -3.61. The molecule has 1 saturated heterocycles. The van der Waals surface area contributed by atoms with Gasteiger partial charge in [-0.3, -0.25) is 9.10 Å². The molecule has 1 amide bonds. The highest BCUT2D eigenvalue weighted by Gasteiger charge is 2.29. The lowest BCUT2D eigenvalue weighted by molar-refractivity contribution is -0.114. The molecule has 0 unspecified atom stereocenters. The molecule has 0 bridgehead atoms. The first-order valence-electron chi connectivity index (χ1n) is 13.0. The zero-order valence-corrected chi connectivity index (χ0v) is 24.1. The third-order valence-electron chi connectivity index (χ3n) is 6.45. The second-order valence-corrected chi connectivity index (χ2v) is 12.9. The molecule has 0 aromatic heterocycles. The van der Waals surface area contributed by atoms with E-state index < -0.39 is 32.5 Å². The highest BCUT2D eigenvalue weighted by molar-refractivity contribution is 7.92. The quantitative estimate of drug-likeness (QED) is 0.358. The van der Waals surface area contributed by atoms with Gasteiger partial charge in [-0.1, -0.05) is 24.6 Å². The molecule has 214 valence electrons. The fourth-order valence-corrected chi connectivity index (χ4v) is 7.40. The Morgan fingerprint density at radius 1 is 0.900 bits per heavy atom. The number of ether oxygens (including phenoxy) is 2. The minimum absolute atomic E-state index is 0.0141. The van der Waals surface area contributed by atoms with Crippen LogP contribution < -0.4 is 19.1 Å². The lowest BCUT2D eigenvalue weighted by atomic mass is 10.2. The zero-order valence-electron chi connectivity index (χ0n) is 22.4. The van der Waals surface area contributed by atoms with Gasteiger partial charge in [0.25, 0.3) is 10.0 Å². The molecule has 1 heterocycles. The van der Waals surface area contributed by atoms with Crippen molar-refractivity contribution in [3.63, 3.8) is 0 Å². The number of benzene rings is 3. The van der Waals surface area contributed by atoms with Gasteiger partial charge in [-0.25, -0.2) is 16.8 Å². The smallest absolute Gasteiger partial charge is 0.264 e. The molecule has 1 N–H and O–H groups in total. The maximum absolute atomic E-state index is 13.7. The van der Waals surface area contributed by atoms with Crippen LogP contribution in [0.4, 0.5) is 11.4 Å². The van der Waals surface area contributed by atoms with Gasteiger partial charge >= 0.3 is 0 Å². The highest BCUT2D eigenvalue weighted by atomic mass is 32.2. The Kier molecular flexibility index (Phi) is 9.33. The summed E-state index contributed by atoms with van der Waals surface area (Å²) in [5.41, 5.74) is 0.414. The van der Waals surface area contributed by atoms with Crippen molar-refractivity contribution in [3.05, 3.63) is 72.8 Å². The Morgan fingerprint density at radius 2 is 1.55 bits per heavy atom. The van der Waals surface area contributed by atoms with Crippen LogP contribution in [-0.4, -0.2) is 60.4 Å². The summed E-state index contributed by atoms with van der Waals surface area (Å²) in [5, 5.41) is 2.65. The van der Waals surface area contributed by atoms with E-state index in [4.69, 9.17) is 9.47 Å². The molecule has 0 spiro atoms. The van der Waals surface area contributed by atoms with Crippen LogP contribution in [-0.2, 0) is 24.8 Å². The summed E-state index contributed by atoms with van der Waals surface area (Å²) in [5.74, 6) is 0.0905. The van der Waals surface area contributed by atoms with Crippen LogP contribution in [0.15, 0.2) is 82.6 Å². The Morgan fingerprint density at radius 3 is 2.17 bits per heavy atom. The molecule has 0 radical (unpaired) electrons. The van der Waals surface area contributed by atoms with E-state index in [0.717, 1.165) is 23.6 Å². The summed E-state index contributed by atoms with van der Waals surface area (Å²) >= 11 is 0. The van der Waals surface area contributed by atoms with Crippen LogP contribution in [0.5, 0.6) is 11.5 Å². The number of methoxy groups -OCH3 is 1. The zero-order chi connectivity index (χ0) is 28.8. The van der Waals surface area contributed by atoms with E-state index in [1.165, 1.54) is 41.7 Å². The third-order valence-corrected chi connectivity index (χ3v) is 10.1. The van der Waals surface area contributed by atoms with Crippen molar-refractivity contribution in [3.8, 4) is 11.5 Å². The summed E-state index contributed by atoms with van der Waals surface area (Å²) in [7, 11) is -6.52. The highest BCUT2D eigenvalue weighted by Crippen LogP contribution is 2.31. The van der Waals surface area contributed by atoms with Crippen molar-refractivity contribution < 1.29 is 31.1 Å². The lowest BCUT2D eigenvalue weighted by Crippen LogP contribution is -2.38. The number of hydrogen-bond donors (Lipinski definition) is 1. The topological polar surface area (TPSA) is 122 Å². The Balaban J connectivity index is 1.62. The number of carbonyl (C=O) groups is 1. The molecule has 40 heavy (non-hydrogen) atoms. The van der Waals surface area contributed by atoms with Gasteiger partial charge < -0.3 is 14.8 Å². The van der Waals surface area contributed by atoms with E-state index in [1.807, 2.05) is 6.92 Å². The van der Waals surface area contributed by atoms with Crippen LogP contribution in [0, 0.1) is 0 Å². The minimum atomic E-state index is -4.15. The minimum Gasteiger partial charge on any atom is -0.495 e. The average Bonchev–Trinajstić information content (AvgIpc) is 2.97. The van der Waals surface area contributed by atoms with Crippen molar-refractivity contribution in [2.24, 2.45) is 0 Å². The number of carbonyl (C=O) groups excluding carboxylic acids is 1. The van der Waals surface area contributed by atoms with Crippen molar-refractivity contribution in [1.82, 2.24) is 4.31 Å². The first kappa shape index (κ1) is 29.4. The van der Waals surface area contributed by atoms with Gasteiger partial charge in [-0.05, 0) is 74.4 Å². The first-order chi connectivity index (χ1) is 19.2. The molecule has 10 nitrogen and oxygen atoms in total. The lowest BCUT2D eigenvalue weighted by Gasteiger charge is -2.26. The second kappa shape index (κ2) is 12.7. The molecule has 3 aromatic carbocycles. The second-order valence-electron chi connectivity index (χ2n) is 9.13. The van der Waals surface area contributed by atoms with Crippen molar-refractivity contribution in [2.75, 3.05) is 43.0 Å². The SMILES string of the molecule is CCOc1ccc(S(=O)(=O)N(CC(=O)Nc2cc(S(=O)(=O)N3CCCCC3)ccc2OC)c2ccccc2)cc1. The van der Waals surface area contributed by atoms with Gasteiger partial charge in [-0.15, -0.1) is 0 Å². The number of nitrogens with one attached hydrogen (secondary N) is 1. The van der Waals surface area contributed by atoms with Crippen molar-refractivity contribution >= 4 is 37.3 Å². The van der Waals surface area contributed by atoms with Gasteiger partial charge in [-0.2, -0.15) is 4.31 Å². The van der Waals surface area contributed by atoms with E-state index in [0.29, 0.717) is 31.1 Å². The molecule has 1 fully saturated rings.